The van der Waals surface area contributed by atoms with Crippen molar-refractivity contribution in [1.82, 2.24) is 10.1 Å². The fraction of sp³-hybridized carbons (Fsp3) is 0.222. The predicted octanol–water partition coefficient (Wildman–Crippen LogP) is 5.57. The number of aromatic nitrogens is 2. The molecule has 1 aliphatic carbocycles. The maximum atomic E-state index is 13.1. The van der Waals surface area contributed by atoms with Crippen LogP contribution < -0.4 is 0 Å². The summed E-state index contributed by atoms with van der Waals surface area (Å²) < 4.78 is 18.4. The van der Waals surface area contributed by atoms with Gasteiger partial charge in [-0.25, -0.2) is 4.39 Å². The van der Waals surface area contributed by atoms with E-state index in [4.69, 9.17) is 27.7 Å². The van der Waals surface area contributed by atoms with Gasteiger partial charge in [0.2, 0.25) is 0 Å². The van der Waals surface area contributed by atoms with E-state index in [1.807, 2.05) is 19.1 Å². The van der Waals surface area contributed by atoms with Gasteiger partial charge in [0.05, 0.1) is 5.41 Å². The maximum absolute atomic E-state index is 13.1. The number of hydrogen-bond donors (Lipinski definition) is 0. The Morgan fingerprint density at radius 3 is 2.29 bits per heavy atom. The van der Waals surface area contributed by atoms with Crippen molar-refractivity contribution < 1.29 is 8.91 Å². The highest BCUT2D eigenvalue weighted by Crippen LogP contribution is 2.56. The van der Waals surface area contributed by atoms with Crippen LogP contribution in [-0.2, 0) is 5.41 Å². The molecule has 2 aromatic carbocycles. The van der Waals surface area contributed by atoms with Gasteiger partial charge in [0.1, 0.15) is 5.82 Å². The topological polar surface area (TPSA) is 38.9 Å². The second-order valence-electron chi connectivity index (χ2n) is 6.12. The molecule has 0 saturated heterocycles. The second-order valence-corrected chi connectivity index (χ2v) is 6.93. The van der Waals surface area contributed by atoms with Crippen LogP contribution in [0.4, 0.5) is 4.39 Å². The Balaban J connectivity index is 1.76. The lowest BCUT2D eigenvalue weighted by molar-refractivity contribution is 0.418. The quantitative estimate of drug-likeness (QED) is 0.611. The second kappa shape index (κ2) is 5.57. The molecule has 0 bridgehead atoms. The van der Waals surface area contributed by atoms with Crippen LogP contribution in [0.1, 0.15) is 29.8 Å². The number of rotatable bonds is 3. The first kappa shape index (κ1) is 15.6. The zero-order valence-electron chi connectivity index (χ0n) is 12.8. The Morgan fingerprint density at radius 2 is 1.71 bits per heavy atom. The van der Waals surface area contributed by atoms with Crippen LogP contribution in [0.3, 0.4) is 0 Å². The van der Waals surface area contributed by atoms with Crippen LogP contribution >= 0.6 is 23.2 Å². The van der Waals surface area contributed by atoms with Crippen molar-refractivity contribution in [2.75, 3.05) is 0 Å². The van der Waals surface area contributed by atoms with E-state index in [2.05, 4.69) is 10.1 Å². The van der Waals surface area contributed by atoms with E-state index in [1.54, 1.807) is 12.1 Å². The van der Waals surface area contributed by atoms with Gasteiger partial charge in [0.15, 0.2) is 5.82 Å². The highest BCUT2D eigenvalue weighted by Gasteiger charge is 2.52. The van der Waals surface area contributed by atoms with Crippen LogP contribution in [-0.4, -0.2) is 10.1 Å². The van der Waals surface area contributed by atoms with E-state index >= 15 is 0 Å². The smallest absolute Gasteiger partial charge is 0.257 e. The van der Waals surface area contributed by atoms with Crippen LogP contribution in [0, 0.1) is 12.7 Å². The minimum Gasteiger partial charge on any atom is -0.334 e. The summed E-state index contributed by atoms with van der Waals surface area (Å²) in [7, 11) is 0. The number of nitrogens with zero attached hydrogens (tertiary/aromatic N) is 2. The summed E-state index contributed by atoms with van der Waals surface area (Å²) in [5.41, 5.74) is 2.13. The molecule has 1 aliphatic rings. The number of aryl methyl sites for hydroxylation is 1. The third-order valence-electron chi connectivity index (χ3n) is 4.36. The Hall–Kier alpha value is -1.91. The molecule has 24 heavy (non-hydrogen) atoms. The molecule has 122 valence electrons. The van der Waals surface area contributed by atoms with Gasteiger partial charge in [0, 0.05) is 21.2 Å². The molecule has 1 heterocycles. The molecule has 0 amide bonds. The van der Waals surface area contributed by atoms with Crippen molar-refractivity contribution in [2.45, 2.75) is 25.2 Å². The van der Waals surface area contributed by atoms with Crippen molar-refractivity contribution in [3.8, 4) is 11.5 Å². The predicted molar refractivity (Wildman–Crippen MR) is 90.9 cm³/mol. The first-order valence-electron chi connectivity index (χ1n) is 7.56. The lowest BCUT2D eigenvalue weighted by Gasteiger charge is -2.16. The number of halogens is 3. The molecule has 3 aromatic rings. The lowest BCUT2D eigenvalue weighted by atomic mass is 9.94. The average molecular weight is 363 g/mol. The first-order valence-corrected chi connectivity index (χ1v) is 8.31. The Labute approximate surface area is 148 Å². The van der Waals surface area contributed by atoms with Crippen LogP contribution in [0.5, 0.6) is 0 Å². The minimum atomic E-state index is -0.399. The molecule has 4 rings (SSSR count). The molecule has 0 radical (unpaired) electrons. The standard InChI is InChI=1S/C18H13Cl2FN2O/c1-10-8-13(19)15(14(20)9-10)18(6-7-18)17-22-16(24-23-17)11-2-4-12(21)5-3-11/h2-5,8-9H,6-7H2,1H3. The van der Waals surface area contributed by atoms with Gasteiger partial charge in [-0.15, -0.1) is 0 Å². The third kappa shape index (κ3) is 2.50. The van der Waals surface area contributed by atoms with Crippen LogP contribution in [0.25, 0.3) is 11.5 Å². The largest absolute Gasteiger partial charge is 0.334 e. The van der Waals surface area contributed by atoms with Gasteiger partial charge in [-0.3, -0.25) is 0 Å². The van der Waals surface area contributed by atoms with Gasteiger partial charge < -0.3 is 4.52 Å². The Morgan fingerprint density at radius 1 is 1.08 bits per heavy atom. The van der Waals surface area contributed by atoms with Crippen molar-refractivity contribution in [3.05, 3.63) is 69.2 Å². The van der Waals surface area contributed by atoms with Crippen molar-refractivity contribution >= 4 is 23.2 Å². The summed E-state index contributed by atoms with van der Waals surface area (Å²) >= 11 is 12.9. The van der Waals surface area contributed by atoms with E-state index in [9.17, 15) is 4.39 Å². The molecular weight excluding hydrogens is 350 g/mol. The van der Waals surface area contributed by atoms with E-state index in [-0.39, 0.29) is 5.82 Å². The maximum Gasteiger partial charge on any atom is 0.257 e. The SMILES string of the molecule is Cc1cc(Cl)c(C2(c3noc(-c4ccc(F)cc4)n3)CC2)c(Cl)c1. The molecule has 1 saturated carbocycles. The zero-order chi connectivity index (χ0) is 16.9. The Bertz CT molecular complexity index is 894. The van der Waals surface area contributed by atoms with Crippen molar-refractivity contribution in [3.63, 3.8) is 0 Å². The molecule has 6 heteroatoms. The molecule has 0 atom stereocenters. The summed E-state index contributed by atoms with van der Waals surface area (Å²) in [6, 6.07) is 9.73. The van der Waals surface area contributed by atoms with Gasteiger partial charge in [-0.05, 0) is 61.7 Å². The van der Waals surface area contributed by atoms with Gasteiger partial charge in [0.25, 0.3) is 5.89 Å². The normalized spacial score (nSPS) is 15.5. The zero-order valence-corrected chi connectivity index (χ0v) is 14.3. The first-order chi connectivity index (χ1) is 11.5. The highest BCUT2D eigenvalue weighted by atomic mass is 35.5. The molecule has 0 unspecified atom stereocenters. The number of benzene rings is 2. The monoisotopic (exact) mass is 362 g/mol. The van der Waals surface area contributed by atoms with Gasteiger partial charge >= 0.3 is 0 Å². The fourth-order valence-electron chi connectivity index (χ4n) is 3.00. The molecule has 1 aromatic heterocycles. The van der Waals surface area contributed by atoms with E-state index < -0.39 is 5.41 Å². The van der Waals surface area contributed by atoms with E-state index in [0.29, 0.717) is 27.3 Å². The van der Waals surface area contributed by atoms with Gasteiger partial charge in [-0.2, -0.15) is 4.98 Å². The molecule has 3 nitrogen and oxygen atoms in total. The summed E-state index contributed by atoms with van der Waals surface area (Å²) in [4.78, 5) is 4.51. The Kier molecular flexibility index (Phi) is 3.62. The van der Waals surface area contributed by atoms with Crippen molar-refractivity contribution in [1.29, 1.82) is 0 Å². The molecule has 0 N–H and O–H groups in total. The third-order valence-corrected chi connectivity index (χ3v) is 4.96. The summed E-state index contributed by atoms with van der Waals surface area (Å²) in [6.45, 7) is 1.95. The van der Waals surface area contributed by atoms with Gasteiger partial charge in [-0.1, -0.05) is 28.4 Å². The average Bonchev–Trinajstić information content (AvgIpc) is 3.15. The van der Waals surface area contributed by atoms with Crippen LogP contribution in [0.2, 0.25) is 10.0 Å². The van der Waals surface area contributed by atoms with Crippen molar-refractivity contribution in [2.24, 2.45) is 0 Å². The molecule has 1 fully saturated rings. The van der Waals surface area contributed by atoms with E-state index in [1.165, 1.54) is 12.1 Å². The molecular formula is C18H13Cl2FN2O. The summed E-state index contributed by atoms with van der Waals surface area (Å²) in [5, 5.41) is 5.37. The van der Waals surface area contributed by atoms with Crippen LogP contribution in [0.15, 0.2) is 40.9 Å². The minimum absolute atomic E-state index is 0.310. The molecule has 0 aliphatic heterocycles. The lowest BCUT2D eigenvalue weighted by Crippen LogP contribution is -2.12. The fourth-order valence-corrected chi connectivity index (χ4v) is 3.95. The highest BCUT2D eigenvalue weighted by molar-refractivity contribution is 6.36. The molecule has 0 spiro atoms. The van der Waals surface area contributed by atoms with E-state index in [0.717, 1.165) is 24.0 Å². The number of hydrogen-bond acceptors (Lipinski definition) is 3. The summed E-state index contributed by atoms with van der Waals surface area (Å²) in [6.07, 6.45) is 1.72. The summed E-state index contributed by atoms with van der Waals surface area (Å²) in [5.74, 6) is 0.612.